The van der Waals surface area contributed by atoms with E-state index in [1.165, 1.54) is 10.4 Å². The number of hydrogen-bond donors (Lipinski definition) is 0. The van der Waals surface area contributed by atoms with Gasteiger partial charge in [-0.05, 0) is 28.3 Å². The number of benzene rings is 2. The lowest BCUT2D eigenvalue weighted by molar-refractivity contribution is -0.0404. The predicted molar refractivity (Wildman–Crippen MR) is 112 cm³/mol. The third-order valence-corrected chi connectivity index (χ3v) is 10.3. The first-order chi connectivity index (χ1) is 12.5. The standard InChI is InChI=1S/C23H30O2Si/c1-5-21-22(17-12-18-24-21)25-26(23(2,3)4,19-13-8-6-9-14-19)20-15-10-7-11-16-20/h5-11,13-16,21-22H,1,12,17-18H2,2-4H3/t21-,22-/m0/s1. The maximum atomic E-state index is 7.16. The Kier molecular flexibility index (Phi) is 5.81. The van der Waals surface area contributed by atoms with Crippen LogP contribution in [-0.2, 0) is 9.16 Å². The lowest BCUT2D eigenvalue weighted by Gasteiger charge is -2.47. The fourth-order valence-corrected chi connectivity index (χ4v) is 8.76. The molecular weight excluding hydrogens is 336 g/mol. The summed E-state index contributed by atoms with van der Waals surface area (Å²) in [5, 5.41) is 2.61. The first-order valence-electron chi connectivity index (χ1n) is 9.52. The molecule has 2 nitrogen and oxygen atoms in total. The molecule has 0 aliphatic carbocycles. The molecule has 138 valence electrons. The van der Waals surface area contributed by atoms with Gasteiger partial charge in [0.05, 0.1) is 6.10 Å². The van der Waals surface area contributed by atoms with Gasteiger partial charge >= 0.3 is 0 Å². The van der Waals surface area contributed by atoms with E-state index in [9.17, 15) is 0 Å². The quantitative estimate of drug-likeness (QED) is 0.580. The van der Waals surface area contributed by atoms with Crippen molar-refractivity contribution in [3.63, 3.8) is 0 Å². The lowest BCUT2D eigenvalue weighted by Crippen LogP contribution is -2.68. The first kappa shape index (κ1) is 19.1. The average Bonchev–Trinajstić information content (AvgIpc) is 2.67. The second-order valence-electron chi connectivity index (χ2n) is 8.03. The van der Waals surface area contributed by atoms with Crippen molar-refractivity contribution < 1.29 is 9.16 Å². The van der Waals surface area contributed by atoms with Crippen LogP contribution in [0.3, 0.4) is 0 Å². The highest BCUT2D eigenvalue weighted by Crippen LogP contribution is 2.39. The molecule has 3 heteroatoms. The highest BCUT2D eigenvalue weighted by molar-refractivity contribution is 6.99. The summed E-state index contributed by atoms with van der Waals surface area (Å²) >= 11 is 0. The van der Waals surface area contributed by atoms with Crippen LogP contribution in [0.1, 0.15) is 33.6 Å². The number of hydrogen-bond acceptors (Lipinski definition) is 2. The van der Waals surface area contributed by atoms with Crippen LogP contribution >= 0.6 is 0 Å². The minimum Gasteiger partial charge on any atom is -0.401 e. The van der Waals surface area contributed by atoms with E-state index in [-0.39, 0.29) is 17.2 Å². The Balaban J connectivity index is 2.16. The molecule has 1 fully saturated rings. The number of rotatable bonds is 5. The summed E-state index contributed by atoms with van der Waals surface area (Å²) in [6.07, 6.45) is 3.97. The van der Waals surface area contributed by atoms with Crippen molar-refractivity contribution in [1.29, 1.82) is 0 Å². The van der Waals surface area contributed by atoms with E-state index in [1.54, 1.807) is 0 Å². The van der Waals surface area contributed by atoms with Crippen LogP contribution in [0.25, 0.3) is 0 Å². The van der Waals surface area contributed by atoms with Gasteiger partial charge in [-0.15, -0.1) is 6.58 Å². The Morgan fingerprint density at radius 3 is 2.00 bits per heavy atom. The van der Waals surface area contributed by atoms with Gasteiger partial charge < -0.3 is 9.16 Å². The fourth-order valence-electron chi connectivity index (χ4n) is 4.04. The van der Waals surface area contributed by atoms with Gasteiger partial charge in [-0.3, -0.25) is 0 Å². The summed E-state index contributed by atoms with van der Waals surface area (Å²) < 4.78 is 13.1. The van der Waals surface area contributed by atoms with Gasteiger partial charge in [0.1, 0.15) is 6.10 Å². The molecule has 0 bridgehead atoms. The zero-order valence-corrected chi connectivity index (χ0v) is 17.2. The van der Waals surface area contributed by atoms with Crippen molar-refractivity contribution in [3.8, 4) is 0 Å². The highest BCUT2D eigenvalue weighted by atomic mass is 28.4. The van der Waals surface area contributed by atoms with Crippen LogP contribution in [0, 0.1) is 0 Å². The maximum absolute atomic E-state index is 7.16. The molecule has 26 heavy (non-hydrogen) atoms. The molecule has 0 N–H and O–H groups in total. The van der Waals surface area contributed by atoms with Crippen LogP contribution in [0.2, 0.25) is 5.04 Å². The summed E-state index contributed by atoms with van der Waals surface area (Å²) in [7, 11) is -2.52. The van der Waals surface area contributed by atoms with Gasteiger partial charge in [-0.1, -0.05) is 87.5 Å². The van der Waals surface area contributed by atoms with E-state index in [2.05, 4.69) is 88.0 Å². The molecule has 2 aromatic carbocycles. The van der Waals surface area contributed by atoms with Crippen molar-refractivity contribution in [2.75, 3.05) is 6.61 Å². The van der Waals surface area contributed by atoms with Crippen molar-refractivity contribution in [1.82, 2.24) is 0 Å². The van der Waals surface area contributed by atoms with Crippen LogP contribution < -0.4 is 10.4 Å². The molecule has 0 radical (unpaired) electrons. The molecule has 1 aliphatic rings. The highest BCUT2D eigenvalue weighted by Gasteiger charge is 2.52. The van der Waals surface area contributed by atoms with E-state index >= 15 is 0 Å². The molecule has 3 rings (SSSR count). The Bertz CT molecular complexity index is 666. The van der Waals surface area contributed by atoms with E-state index in [4.69, 9.17) is 9.16 Å². The molecule has 0 amide bonds. The van der Waals surface area contributed by atoms with Crippen molar-refractivity contribution in [3.05, 3.63) is 73.3 Å². The third kappa shape index (κ3) is 3.57. The molecule has 0 saturated carbocycles. The lowest BCUT2D eigenvalue weighted by atomic mass is 10.1. The van der Waals surface area contributed by atoms with Crippen LogP contribution in [-0.4, -0.2) is 27.1 Å². The molecular formula is C23H30O2Si. The minimum atomic E-state index is -2.52. The molecule has 0 aromatic heterocycles. The SMILES string of the molecule is C=C[C@@H]1OCCC[C@@H]1O[Si](c1ccccc1)(c1ccccc1)C(C)(C)C. The predicted octanol–water partition coefficient (Wildman–Crippen LogP) is 4.30. The summed E-state index contributed by atoms with van der Waals surface area (Å²) in [6, 6.07) is 21.6. The van der Waals surface area contributed by atoms with E-state index < -0.39 is 8.32 Å². The summed E-state index contributed by atoms with van der Waals surface area (Å²) in [4.78, 5) is 0. The molecule has 0 spiro atoms. The third-order valence-electron chi connectivity index (χ3n) is 5.29. The second-order valence-corrected chi connectivity index (χ2v) is 12.3. The van der Waals surface area contributed by atoms with E-state index in [0.717, 1.165) is 19.4 Å². The molecule has 1 heterocycles. The average molecular weight is 367 g/mol. The van der Waals surface area contributed by atoms with E-state index in [1.807, 2.05) is 6.08 Å². The summed E-state index contributed by atoms with van der Waals surface area (Å²) in [5.74, 6) is 0. The van der Waals surface area contributed by atoms with E-state index in [0.29, 0.717) is 0 Å². The first-order valence-corrected chi connectivity index (χ1v) is 11.4. The van der Waals surface area contributed by atoms with Gasteiger partial charge in [0.25, 0.3) is 8.32 Å². The van der Waals surface area contributed by atoms with Crippen LogP contribution in [0.4, 0.5) is 0 Å². The van der Waals surface area contributed by atoms with Gasteiger partial charge in [0, 0.05) is 6.61 Å². The van der Waals surface area contributed by atoms with Crippen molar-refractivity contribution in [2.45, 2.75) is 50.9 Å². The molecule has 1 saturated heterocycles. The normalized spacial score (nSPS) is 21.3. The molecule has 1 aliphatic heterocycles. The van der Waals surface area contributed by atoms with Gasteiger partial charge in [-0.2, -0.15) is 0 Å². The minimum absolute atomic E-state index is 0.0150. The fraction of sp³-hybridized carbons (Fsp3) is 0.391. The molecule has 2 atom stereocenters. The zero-order valence-electron chi connectivity index (χ0n) is 16.2. The van der Waals surface area contributed by atoms with Crippen LogP contribution in [0.15, 0.2) is 73.3 Å². The molecule has 0 unspecified atom stereocenters. The van der Waals surface area contributed by atoms with Crippen LogP contribution in [0.5, 0.6) is 0 Å². The van der Waals surface area contributed by atoms with Crippen molar-refractivity contribution >= 4 is 18.7 Å². The second kappa shape index (κ2) is 7.91. The Hall–Kier alpha value is -1.68. The smallest absolute Gasteiger partial charge is 0.261 e. The Morgan fingerprint density at radius 1 is 1.00 bits per heavy atom. The monoisotopic (exact) mass is 366 g/mol. The van der Waals surface area contributed by atoms with Gasteiger partial charge in [0.2, 0.25) is 0 Å². The maximum Gasteiger partial charge on any atom is 0.261 e. The Morgan fingerprint density at radius 2 is 1.54 bits per heavy atom. The number of ether oxygens (including phenoxy) is 1. The van der Waals surface area contributed by atoms with Gasteiger partial charge in [-0.25, -0.2) is 0 Å². The summed E-state index contributed by atoms with van der Waals surface area (Å²) in [6.45, 7) is 11.7. The van der Waals surface area contributed by atoms with Gasteiger partial charge in [0.15, 0.2) is 0 Å². The van der Waals surface area contributed by atoms with Crippen molar-refractivity contribution in [2.24, 2.45) is 0 Å². The Labute approximate surface area is 159 Å². The summed E-state index contributed by atoms with van der Waals surface area (Å²) in [5.41, 5.74) is 0. The zero-order chi connectivity index (χ0) is 18.6. The topological polar surface area (TPSA) is 18.5 Å². The largest absolute Gasteiger partial charge is 0.401 e. The molecule has 2 aromatic rings.